The number of sulfonamides is 1. The first-order valence-electron chi connectivity index (χ1n) is 13.2. The minimum Gasteiger partial charge on any atom is -0.467 e. The van der Waals surface area contributed by atoms with Crippen molar-refractivity contribution in [2.45, 2.75) is 37.0 Å². The Kier molecular flexibility index (Phi) is 8.02. The second-order valence-corrected chi connectivity index (χ2v) is 13.4. The number of hydrogen-bond acceptors (Lipinski definition) is 11. The van der Waals surface area contributed by atoms with Crippen molar-refractivity contribution in [2.24, 2.45) is 0 Å². The molecule has 15 nitrogen and oxygen atoms in total. The molecule has 1 saturated carbocycles. The number of imidazole rings is 1. The smallest absolute Gasteiger partial charge is 0.467 e. The SMILES string of the molecule is O=P(O)(O)OCOCOc1cccc(-c2nc3occn3c2-c2ccnc(NC3CCN(S(=O)(=O)C4CC4)CC3)n2)c1. The van der Waals surface area contributed by atoms with E-state index in [4.69, 9.17) is 28.7 Å². The fourth-order valence-corrected chi connectivity index (χ4v) is 6.87. The first-order valence-corrected chi connectivity index (χ1v) is 16.3. The van der Waals surface area contributed by atoms with Crippen molar-refractivity contribution in [1.82, 2.24) is 23.7 Å². The van der Waals surface area contributed by atoms with E-state index in [0.717, 1.165) is 12.8 Å². The topological polar surface area (TPSA) is 191 Å². The molecule has 2 aliphatic rings. The van der Waals surface area contributed by atoms with E-state index in [2.05, 4.69) is 19.8 Å². The number of oxazole rings is 1. The van der Waals surface area contributed by atoms with Gasteiger partial charge in [0.05, 0.1) is 10.9 Å². The van der Waals surface area contributed by atoms with E-state index in [9.17, 15) is 13.0 Å². The highest BCUT2D eigenvalue weighted by molar-refractivity contribution is 7.90. The van der Waals surface area contributed by atoms with Crippen molar-refractivity contribution in [1.29, 1.82) is 0 Å². The molecule has 1 aliphatic heterocycles. The van der Waals surface area contributed by atoms with E-state index in [1.807, 2.05) is 6.07 Å². The monoisotopic (exact) mass is 620 g/mol. The van der Waals surface area contributed by atoms with Crippen LogP contribution in [0.5, 0.6) is 5.75 Å². The molecule has 0 unspecified atom stereocenters. The van der Waals surface area contributed by atoms with Crippen LogP contribution in [-0.2, 0) is 23.8 Å². The molecule has 0 spiro atoms. The molecule has 0 bridgehead atoms. The normalized spacial score (nSPS) is 17.1. The van der Waals surface area contributed by atoms with Crippen LogP contribution in [0.2, 0.25) is 0 Å². The Bertz CT molecular complexity index is 1710. The number of piperidine rings is 1. The Morgan fingerprint density at radius 3 is 2.67 bits per heavy atom. The number of aromatic nitrogens is 4. The van der Waals surface area contributed by atoms with Crippen molar-refractivity contribution in [3.05, 3.63) is 49.0 Å². The van der Waals surface area contributed by atoms with Crippen LogP contribution in [0.15, 0.2) is 53.4 Å². The van der Waals surface area contributed by atoms with Crippen LogP contribution in [0.1, 0.15) is 25.7 Å². The van der Waals surface area contributed by atoms with Gasteiger partial charge in [-0.1, -0.05) is 12.1 Å². The molecule has 4 aromatic rings. The quantitative estimate of drug-likeness (QED) is 0.119. The molecule has 0 amide bonds. The van der Waals surface area contributed by atoms with Crippen LogP contribution in [0.4, 0.5) is 5.95 Å². The first kappa shape index (κ1) is 28.7. The van der Waals surface area contributed by atoms with Crippen LogP contribution in [0, 0.1) is 0 Å². The van der Waals surface area contributed by atoms with Crippen LogP contribution in [-0.4, -0.2) is 79.8 Å². The van der Waals surface area contributed by atoms with Crippen molar-refractivity contribution in [3.63, 3.8) is 0 Å². The summed E-state index contributed by atoms with van der Waals surface area (Å²) in [6.45, 7) is 0.0139. The zero-order valence-corrected chi connectivity index (χ0v) is 24.0. The van der Waals surface area contributed by atoms with E-state index in [1.54, 1.807) is 45.4 Å². The van der Waals surface area contributed by atoms with E-state index in [0.29, 0.717) is 66.1 Å². The number of nitrogens with one attached hydrogen (secondary N) is 1. The molecule has 3 aromatic heterocycles. The molecule has 6 rings (SSSR count). The number of nitrogens with zero attached hydrogens (tertiary/aromatic N) is 5. The number of anilines is 1. The van der Waals surface area contributed by atoms with Gasteiger partial charge in [-0.2, -0.15) is 4.98 Å². The number of fused-ring (bicyclic) bond motifs is 1. The molecule has 3 N–H and O–H groups in total. The summed E-state index contributed by atoms with van der Waals surface area (Å²) in [4.78, 5) is 31.3. The molecule has 1 aromatic carbocycles. The van der Waals surface area contributed by atoms with Gasteiger partial charge in [0, 0.05) is 37.1 Å². The second-order valence-electron chi connectivity index (χ2n) is 9.92. The van der Waals surface area contributed by atoms with Gasteiger partial charge < -0.3 is 29.0 Å². The Morgan fingerprint density at radius 2 is 1.90 bits per heavy atom. The van der Waals surface area contributed by atoms with Gasteiger partial charge in [0.25, 0.3) is 0 Å². The van der Waals surface area contributed by atoms with E-state index in [1.165, 1.54) is 6.26 Å². The van der Waals surface area contributed by atoms with Gasteiger partial charge in [-0.3, -0.25) is 8.92 Å². The second kappa shape index (κ2) is 11.7. The maximum absolute atomic E-state index is 12.6. The minimum absolute atomic E-state index is 0.0351. The summed E-state index contributed by atoms with van der Waals surface area (Å²) < 4.78 is 59.6. The molecule has 224 valence electrons. The Labute approximate surface area is 240 Å². The summed E-state index contributed by atoms with van der Waals surface area (Å²) in [5.74, 6) is 1.22. The van der Waals surface area contributed by atoms with E-state index >= 15 is 0 Å². The summed E-state index contributed by atoms with van der Waals surface area (Å²) in [6, 6.07) is 8.86. The van der Waals surface area contributed by atoms with Gasteiger partial charge >= 0.3 is 13.7 Å². The van der Waals surface area contributed by atoms with E-state index in [-0.39, 0.29) is 18.1 Å². The van der Waals surface area contributed by atoms with Gasteiger partial charge in [0.15, 0.2) is 13.6 Å². The maximum atomic E-state index is 12.6. The highest BCUT2D eigenvalue weighted by Gasteiger charge is 2.41. The summed E-state index contributed by atoms with van der Waals surface area (Å²) >= 11 is 0. The molecule has 17 heteroatoms. The van der Waals surface area contributed by atoms with Gasteiger partial charge in [-0.05, 0) is 43.9 Å². The highest BCUT2D eigenvalue weighted by Crippen LogP contribution is 2.36. The highest BCUT2D eigenvalue weighted by atomic mass is 32.2. The molecular weight excluding hydrogens is 591 g/mol. The van der Waals surface area contributed by atoms with Gasteiger partial charge in [-0.25, -0.2) is 27.3 Å². The largest absolute Gasteiger partial charge is 0.471 e. The molecule has 1 saturated heterocycles. The molecule has 2 fully saturated rings. The lowest BCUT2D eigenvalue weighted by Crippen LogP contribution is -2.43. The Morgan fingerprint density at radius 1 is 1.10 bits per heavy atom. The predicted molar refractivity (Wildman–Crippen MR) is 149 cm³/mol. The number of phosphoric acid groups is 1. The lowest BCUT2D eigenvalue weighted by Gasteiger charge is -2.31. The summed E-state index contributed by atoms with van der Waals surface area (Å²) in [6.07, 6.45) is 7.74. The van der Waals surface area contributed by atoms with Crippen LogP contribution >= 0.6 is 7.82 Å². The third kappa shape index (κ3) is 6.49. The average Bonchev–Trinajstić information content (AvgIpc) is 3.63. The van der Waals surface area contributed by atoms with Gasteiger partial charge in [0.2, 0.25) is 16.0 Å². The van der Waals surface area contributed by atoms with Crippen molar-refractivity contribution in [3.8, 4) is 28.4 Å². The molecule has 42 heavy (non-hydrogen) atoms. The summed E-state index contributed by atoms with van der Waals surface area (Å²) in [7, 11) is -7.81. The molecule has 0 atom stereocenters. The molecule has 0 radical (unpaired) electrons. The first-order chi connectivity index (χ1) is 20.2. The van der Waals surface area contributed by atoms with Crippen LogP contribution in [0.3, 0.4) is 0 Å². The zero-order valence-electron chi connectivity index (χ0n) is 22.3. The van der Waals surface area contributed by atoms with E-state index < -0.39 is 24.6 Å². The molecular formula is C25H29N6O9PS. The van der Waals surface area contributed by atoms with Crippen molar-refractivity contribution >= 4 is 29.6 Å². The standard InChI is InChI=1S/C25H29N6O9PS/c32-41(33,34)40-16-37-15-39-19-3-1-2-17(14-19)22-23(31-12-13-38-25(31)29-22)21-6-9-26-24(28-21)27-18-7-10-30(11-8-18)42(35,36)20-4-5-20/h1-3,6,9,12-14,18,20H,4-5,7-8,10-11,15-16H2,(H,26,27,28)(H2,32,33,34). The number of hydrogen-bond donors (Lipinski definition) is 3. The fraction of sp³-hybridized carbons (Fsp3) is 0.400. The number of rotatable bonds is 12. The maximum Gasteiger partial charge on any atom is 0.471 e. The van der Waals surface area contributed by atoms with Gasteiger partial charge in [0.1, 0.15) is 23.4 Å². The third-order valence-corrected chi connectivity index (χ3v) is 9.81. The summed E-state index contributed by atoms with van der Waals surface area (Å²) in [5, 5.41) is 3.16. The Balaban J connectivity index is 1.18. The van der Waals surface area contributed by atoms with Gasteiger partial charge in [-0.15, -0.1) is 0 Å². The Hall–Kier alpha value is -3.37. The summed E-state index contributed by atoms with van der Waals surface area (Å²) in [5.41, 5.74) is 2.53. The van der Waals surface area contributed by atoms with Crippen LogP contribution in [0.25, 0.3) is 28.5 Å². The van der Waals surface area contributed by atoms with Crippen molar-refractivity contribution in [2.75, 3.05) is 32.0 Å². The van der Waals surface area contributed by atoms with Crippen molar-refractivity contribution < 1.29 is 41.2 Å². The lowest BCUT2D eigenvalue weighted by molar-refractivity contribution is -0.0623. The fourth-order valence-electron chi connectivity index (χ4n) is 4.79. The molecule has 4 heterocycles. The predicted octanol–water partition coefficient (Wildman–Crippen LogP) is 2.84. The number of benzene rings is 1. The molecule has 1 aliphatic carbocycles. The zero-order chi connectivity index (χ0) is 29.3. The number of ether oxygens (including phenoxy) is 2. The average molecular weight is 621 g/mol. The third-order valence-electron chi connectivity index (χ3n) is 6.97. The van der Waals surface area contributed by atoms with Crippen LogP contribution < -0.4 is 10.1 Å². The number of phosphoric ester groups is 1. The minimum atomic E-state index is -4.63. The lowest BCUT2D eigenvalue weighted by atomic mass is 10.1.